The molecule has 1 amide bonds. The predicted molar refractivity (Wildman–Crippen MR) is 111 cm³/mol. The molecule has 0 fully saturated rings. The highest BCUT2D eigenvalue weighted by Gasteiger charge is 2.11. The Morgan fingerprint density at radius 2 is 1.79 bits per heavy atom. The SMILES string of the molecule is COc1ccc(Nc2ccc(C(=O)Nc3ccc(Cl)cc3C)nc2)c(OC)c1. The molecule has 2 aromatic carbocycles. The summed E-state index contributed by atoms with van der Waals surface area (Å²) >= 11 is 5.95. The Kier molecular flexibility index (Phi) is 6.01. The summed E-state index contributed by atoms with van der Waals surface area (Å²) < 4.78 is 10.6. The zero-order chi connectivity index (χ0) is 20.1. The Morgan fingerprint density at radius 3 is 2.43 bits per heavy atom. The molecule has 144 valence electrons. The van der Waals surface area contributed by atoms with Crippen LogP contribution in [0, 0.1) is 6.92 Å². The van der Waals surface area contributed by atoms with Gasteiger partial charge in [0.15, 0.2) is 0 Å². The maximum absolute atomic E-state index is 12.4. The van der Waals surface area contributed by atoms with Crippen molar-refractivity contribution in [3.05, 3.63) is 71.0 Å². The molecule has 0 bridgehead atoms. The summed E-state index contributed by atoms with van der Waals surface area (Å²) in [6.45, 7) is 1.88. The number of carbonyl (C=O) groups excluding carboxylic acids is 1. The average molecular weight is 398 g/mol. The van der Waals surface area contributed by atoms with Crippen LogP contribution in [-0.2, 0) is 0 Å². The predicted octanol–water partition coefficient (Wildman–Crippen LogP) is 5.06. The van der Waals surface area contributed by atoms with Crippen molar-refractivity contribution in [2.24, 2.45) is 0 Å². The van der Waals surface area contributed by atoms with E-state index >= 15 is 0 Å². The first-order chi connectivity index (χ1) is 13.5. The first kappa shape index (κ1) is 19.5. The molecule has 0 aliphatic carbocycles. The maximum Gasteiger partial charge on any atom is 0.274 e. The van der Waals surface area contributed by atoms with E-state index in [0.29, 0.717) is 27.9 Å². The van der Waals surface area contributed by atoms with Gasteiger partial charge < -0.3 is 20.1 Å². The second kappa shape index (κ2) is 8.63. The van der Waals surface area contributed by atoms with Gasteiger partial charge in [0.25, 0.3) is 5.91 Å². The number of halogens is 1. The number of aryl methyl sites for hydroxylation is 1. The summed E-state index contributed by atoms with van der Waals surface area (Å²) in [5, 5.41) is 6.68. The summed E-state index contributed by atoms with van der Waals surface area (Å²) in [6, 6.07) is 14.2. The van der Waals surface area contributed by atoms with Gasteiger partial charge in [0, 0.05) is 16.8 Å². The fourth-order valence-electron chi connectivity index (χ4n) is 2.61. The van der Waals surface area contributed by atoms with Crippen molar-refractivity contribution in [2.75, 3.05) is 24.9 Å². The Bertz CT molecular complexity index is 991. The number of carbonyl (C=O) groups is 1. The number of hydrogen-bond donors (Lipinski definition) is 2. The third kappa shape index (κ3) is 4.53. The molecule has 7 heteroatoms. The van der Waals surface area contributed by atoms with Crippen LogP contribution in [0.15, 0.2) is 54.7 Å². The molecule has 2 N–H and O–H groups in total. The van der Waals surface area contributed by atoms with E-state index < -0.39 is 0 Å². The lowest BCUT2D eigenvalue weighted by Gasteiger charge is -2.13. The van der Waals surface area contributed by atoms with Crippen LogP contribution in [-0.4, -0.2) is 25.1 Å². The fourth-order valence-corrected chi connectivity index (χ4v) is 2.84. The molecule has 3 rings (SSSR count). The van der Waals surface area contributed by atoms with Crippen molar-refractivity contribution in [1.29, 1.82) is 0 Å². The first-order valence-electron chi connectivity index (χ1n) is 8.53. The minimum Gasteiger partial charge on any atom is -0.497 e. The summed E-state index contributed by atoms with van der Waals surface area (Å²) in [5.74, 6) is 1.04. The molecule has 0 saturated heterocycles. The van der Waals surface area contributed by atoms with E-state index in [1.807, 2.05) is 19.1 Å². The highest BCUT2D eigenvalue weighted by atomic mass is 35.5. The third-order valence-electron chi connectivity index (χ3n) is 4.12. The van der Waals surface area contributed by atoms with Gasteiger partial charge in [-0.15, -0.1) is 0 Å². The Balaban J connectivity index is 1.72. The van der Waals surface area contributed by atoms with E-state index in [1.54, 1.807) is 56.8 Å². The molecule has 0 spiro atoms. The molecule has 0 unspecified atom stereocenters. The summed E-state index contributed by atoms with van der Waals surface area (Å²) in [5.41, 5.74) is 3.37. The van der Waals surface area contributed by atoms with Gasteiger partial charge in [-0.1, -0.05) is 11.6 Å². The molecular formula is C21H20ClN3O3. The van der Waals surface area contributed by atoms with Gasteiger partial charge in [0.05, 0.1) is 31.8 Å². The van der Waals surface area contributed by atoms with E-state index in [9.17, 15) is 4.79 Å². The lowest BCUT2D eigenvalue weighted by molar-refractivity contribution is 0.102. The quantitative estimate of drug-likeness (QED) is 0.608. The molecular weight excluding hydrogens is 378 g/mol. The first-order valence-corrected chi connectivity index (χ1v) is 8.90. The van der Waals surface area contributed by atoms with Crippen LogP contribution in [0.5, 0.6) is 11.5 Å². The van der Waals surface area contributed by atoms with Gasteiger partial charge in [-0.3, -0.25) is 4.79 Å². The number of rotatable bonds is 6. The zero-order valence-electron chi connectivity index (χ0n) is 15.7. The summed E-state index contributed by atoms with van der Waals surface area (Å²) in [4.78, 5) is 16.7. The van der Waals surface area contributed by atoms with Gasteiger partial charge in [0.1, 0.15) is 17.2 Å². The zero-order valence-corrected chi connectivity index (χ0v) is 16.5. The van der Waals surface area contributed by atoms with Crippen LogP contribution in [0.3, 0.4) is 0 Å². The molecule has 0 saturated carbocycles. The van der Waals surface area contributed by atoms with E-state index in [2.05, 4.69) is 15.6 Å². The van der Waals surface area contributed by atoms with Crippen LogP contribution in [0.1, 0.15) is 16.1 Å². The summed E-state index contributed by atoms with van der Waals surface area (Å²) in [7, 11) is 3.19. The lowest BCUT2D eigenvalue weighted by atomic mass is 10.2. The maximum atomic E-state index is 12.4. The monoisotopic (exact) mass is 397 g/mol. The number of benzene rings is 2. The highest BCUT2D eigenvalue weighted by molar-refractivity contribution is 6.30. The van der Waals surface area contributed by atoms with Gasteiger partial charge in [-0.2, -0.15) is 0 Å². The van der Waals surface area contributed by atoms with Crippen LogP contribution < -0.4 is 20.1 Å². The number of aromatic nitrogens is 1. The smallest absolute Gasteiger partial charge is 0.274 e. The molecule has 6 nitrogen and oxygen atoms in total. The van der Waals surface area contributed by atoms with Gasteiger partial charge >= 0.3 is 0 Å². The van der Waals surface area contributed by atoms with E-state index in [1.165, 1.54) is 0 Å². The van der Waals surface area contributed by atoms with E-state index in [0.717, 1.165) is 16.9 Å². The number of methoxy groups -OCH3 is 2. The molecule has 0 radical (unpaired) electrons. The van der Waals surface area contributed by atoms with Gasteiger partial charge in [0.2, 0.25) is 0 Å². The van der Waals surface area contributed by atoms with Crippen molar-refractivity contribution >= 4 is 34.6 Å². The molecule has 1 aromatic heterocycles. The highest BCUT2D eigenvalue weighted by Crippen LogP contribution is 2.31. The van der Waals surface area contributed by atoms with Crippen molar-refractivity contribution in [3.8, 4) is 11.5 Å². The van der Waals surface area contributed by atoms with Crippen molar-refractivity contribution in [3.63, 3.8) is 0 Å². The molecule has 0 aliphatic heterocycles. The van der Waals surface area contributed by atoms with Crippen molar-refractivity contribution in [2.45, 2.75) is 6.92 Å². The molecule has 3 aromatic rings. The number of nitrogens with one attached hydrogen (secondary N) is 2. The second-order valence-corrected chi connectivity index (χ2v) is 6.47. The number of hydrogen-bond acceptors (Lipinski definition) is 5. The van der Waals surface area contributed by atoms with Crippen LogP contribution in [0.25, 0.3) is 0 Å². The van der Waals surface area contributed by atoms with Crippen LogP contribution in [0.4, 0.5) is 17.1 Å². The summed E-state index contributed by atoms with van der Waals surface area (Å²) in [6.07, 6.45) is 1.59. The van der Waals surface area contributed by atoms with Gasteiger partial charge in [-0.05, 0) is 55.0 Å². The Hall–Kier alpha value is -3.25. The molecule has 28 heavy (non-hydrogen) atoms. The van der Waals surface area contributed by atoms with Crippen LogP contribution >= 0.6 is 11.6 Å². The Labute approximate surface area is 168 Å². The topological polar surface area (TPSA) is 72.5 Å². The van der Waals surface area contributed by atoms with Crippen molar-refractivity contribution < 1.29 is 14.3 Å². The number of anilines is 3. The van der Waals surface area contributed by atoms with E-state index in [4.69, 9.17) is 21.1 Å². The second-order valence-electron chi connectivity index (χ2n) is 6.04. The van der Waals surface area contributed by atoms with Crippen molar-refractivity contribution in [1.82, 2.24) is 4.98 Å². The number of nitrogens with zero attached hydrogens (tertiary/aromatic N) is 1. The lowest BCUT2D eigenvalue weighted by Crippen LogP contribution is -2.14. The minimum absolute atomic E-state index is 0.293. The number of pyridine rings is 1. The Morgan fingerprint density at radius 1 is 1.00 bits per heavy atom. The van der Waals surface area contributed by atoms with E-state index in [-0.39, 0.29) is 5.91 Å². The van der Waals surface area contributed by atoms with Crippen LogP contribution in [0.2, 0.25) is 5.02 Å². The standard InChI is InChI=1S/C21H20ClN3O3/c1-13-10-14(22)4-7-17(13)25-21(26)19-8-5-15(12-23-19)24-18-9-6-16(27-2)11-20(18)28-3/h4-12,24H,1-3H3,(H,25,26). The number of amides is 1. The molecule has 1 heterocycles. The average Bonchev–Trinajstić information content (AvgIpc) is 2.71. The largest absolute Gasteiger partial charge is 0.497 e. The normalized spacial score (nSPS) is 10.3. The fraction of sp³-hybridized carbons (Fsp3) is 0.143. The number of ether oxygens (including phenoxy) is 2. The third-order valence-corrected chi connectivity index (χ3v) is 4.36. The minimum atomic E-state index is -0.293. The van der Waals surface area contributed by atoms with Gasteiger partial charge in [-0.25, -0.2) is 4.98 Å². The molecule has 0 aliphatic rings. The molecule has 0 atom stereocenters.